The van der Waals surface area contributed by atoms with E-state index in [2.05, 4.69) is 34.0 Å². The first-order chi connectivity index (χ1) is 5.24. The molecule has 1 aliphatic rings. The fraction of sp³-hybridized carbons (Fsp3) is 1.00. The predicted octanol–water partition coefficient (Wildman–Crippen LogP) is 2.21. The summed E-state index contributed by atoms with van der Waals surface area (Å²) < 4.78 is 0. The minimum Gasteiger partial charge on any atom is -0.299 e. The van der Waals surface area contributed by atoms with Crippen molar-refractivity contribution in [3.63, 3.8) is 0 Å². The largest absolute Gasteiger partial charge is 0.299 e. The molecule has 1 heterocycles. The summed E-state index contributed by atoms with van der Waals surface area (Å²) in [4.78, 5) is 3.30. The molecule has 1 nitrogen and oxygen atoms in total. The summed E-state index contributed by atoms with van der Waals surface area (Å²) in [6.45, 7) is 4.81. The van der Waals surface area contributed by atoms with E-state index in [0.29, 0.717) is 0 Å². The maximum atomic E-state index is 3.66. The smallest absolute Gasteiger partial charge is 0.0288 e. The number of hydrogen-bond donors (Lipinski definition) is 0. The van der Waals surface area contributed by atoms with Crippen LogP contribution in [0.2, 0.25) is 0 Å². The van der Waals surface area contributed by atoms with E-state index >= 15 is 0 Å². The summed E-state index contributed by atoms with van der Waals surface area (Å²) in [7, 11) is 0. The van der Waals surface area contributed by atoms with Crippen LogP contribution in [0, 0.1) is 0 Å². The highest BCUT2D eigenvalue weighted by molar-refractivity contribution is 9.09. The molecule has 0 amide bonds. The zero-order chi connectivity index (χ0) is 8.27. The van der Waals surface area contributed by atoms with Crippen molar-refractivity contribution in [2.45, 2.75) is 24.2 Å². The Morgan fingerprint density at radius 3 is 2.82 bits per heavy atom. The van der Waals surface area contributed by atoms with Gasteiger partial charge in [-0.3, -0.25) is 4.90 Å². The van der Waals surface area contributed by atoms with Crippen molar-refractivity contribution < 1.29 is 0 Å². The SMILES string of the molecule is CSCCN1CC(Br)CC1C. The second kappa shape index (κ2) is 4.73. The monoisotopic (exact) mass is 237 g/mol. The van der Waals surface area contributed by atoms with Gasteiger partial charge in [-0.2, -0.15) is 11.8 Å². The van der Waals surface area contributed by atoms with Crippen molar-refractivity contribution in [2.75, 3.05) is 25.1 Å². The Kier molecular flexibility index (Phi) is 4.24. The number of alkyl halides is 1. The number of nitrogens with zero attached hydrogens (tertiary/aromatic N) is 1. The lowest BCUT2D eigenvalue weighted by Crippen LogP contribution is -2.29. The van der Waals surface area contributed by atoms with Gasteiger partial charge < -0.3 is 0 Å². The molecule has 0 saturated carbocycles. The van der Waals surface area contributed by atoms with Crippen LogP contribution in [0.1, 0.15) is 13.3 Å². The highest BCUT2D eigenvalue weighted by Crippen LogP contribution is 2.22. The summed E-state index contributed by atoms with van der Waals surface area (Å²) >= 11 is 5.60. The van der Waals surface area contributed by atoms with Gasteiger partial charge in [0.25, 0.3) is 0 Å². The molecule has 1 fully saturated rings. The molecule has 1 rings (SSSR count). The summed E-state index contributed by atoms with van der Waals surface area (Å²) in [6.07, 6.45) is 3.49. The molecule has 0 radical (unpaired) electrons. The molecule has 0 spiro atoms. The van der Waals surface area contributed by atoms with E-state index < -0.39 is 0 Å². The maximum absolute atomic E-state index is 3.66. The van der Waals surface area contributed by atoms with Gasteiger partial charge in [-0.05, 0) is 19.6 Å². The number of hydrogen-bond acceptors (Lipinski definition) is 2. The third-order valence-electron chi connectivity index (χ3n) is 2.24. The van der Waals surface area contributed by atoms with E-state index in [9.17, 15) is 0 Å². The maximum Gasteiger partial charge on any atom is 0.0288 e. The molecular weight excluding hydrogens is 222 g/mol. The topological polar surface area (TPSA) is 3.24 Å². The van der Waals surface area contributed by atoms with E-state index in [1.165, 1.54) is 25.3 Å². The molecule has 0 aliphatic carbocycles. The minimum atomic E-state index is 0.736. The first-order valence-corrected chi connectivity index (χ1v) is 6.42. The molecule has 0 N–H and O–H groups in total. The van der Waals surface area contributed by atoms with Gasteiger partial charge in [-0.25, -0.2) is 0 Å². The van der Waals surface area contributed by atoms with Crippen LogP contribution in [0.15, 0.2) is 0 Å². The first-order valence-electron chi connectivity index (χ1n) is 4.11. The lowest BCUT2D eigenvalue weighted by atomic mass is 10.2. The van der Waals surface area contributed by atoms with Gasteiger partial charge >= 0.3 is 0 Å². The third kappa shape index (κ3) is 2.96. The third-order valence-corrected chi connectivity index (χ3v) is 3.49. The second-order valence-corrected chi connectivity index (χ2v) is 5.45. The van der Waals surface area contributed by atoms with E-state index in [1.54, 1.807) is 0 Å². The molecule has 1 saturated heterocycles. The summed E-state index contributed by atoms with van der Waals surface area (Å²) in [5, 5.41) is 0. The predicted molar refractivity (Wildman–Crippen MR) is 56.7 cm³/mol. The van der Waals surface area contributed by atoms with Crippen LogP contribution in [0.3, 0.4) is 0 Å². The van der Waals surface area contributed by atoms with Crippen LogP contribution in [0.4, 0.5) is 0 Å². The molecule has 0 aromatic rings. The standard InChI is InChI=1S/C8H16BrNS/c1-7-5-8(9)6-10(7)3-4-11-2/h7-8H,3-6H2,1-2H3. The average molecular weight is 238 g/mol. The molecule has 1 aliphatic heterocycles. The molecule has 3 heteroatoms. The van der Waals surface area contributed by atoms with Gasteiger partial charge in [0.2, 0.25) is 0 Å². The Hall–Kier alpha value is 0.790. The van der Waals surface area contributed by atoms with Crippen LogP contribution >= 0.6 is 27.7 Å². The number of thioether (sulfide) groups is 1. The summed E-state index contributed by atoms with van der Waals surface area (Å²) in [5.74, 6) is 1.27. The molecule has 2 unspecified atom stereocenters. The van der Waals surface area contributed by atoms with Crippen LogP contribution in [-0.4, -0.2) is 40.9 Å². The lowest BCUT2D eigenvalue weighted by Gasteiger charge is -2.19. The van der Waals surface area contributed by atoms with Crippen molar-refractivity contribution in [1.82, 2.24) is 4.90 Å². The zero-order valence-electron chi connectivity index (χ0n) is 7.22. The van der Waals surface area contributed by atoms with Gasteiger partial charge in [0.05, 0.1) is 0 Å². The highest BCUT2D eigenvalue weighted by Gasteiger charge is 2.26. The molecule has 66 valence electrons. The van der Waals surface area contributed by atoms with Crippen LogP contribution in [-0.2, 0) is 0 Å². The summed E-state index contributed by atoms with van der Waals surface area (Å²) in [6, 6.07) is 0.784. The number of rotatable bonds is 3. The minimum absolute atomic E-state index is 0.736. The summed E-state index contributed by atoms with van der Waals surface area (Å²) in [5.41, 5.74) is 0. The quantitative estimate of drug-likeness (QED) is 0.693. The van der Waals surface area contributed by atoms with E-state index in [1.807, 2.05) is 11.8 Å². The van der Waals surface area contributed by atoms with Crippen LogP contribution < -0.4 is 0 Å². The van der Waals surface area contributed by atoms with Gasteiger partial charge in [-0.15, -0.1) is 0 Å². The van der Waals surface area contributed by atoms with Gasteiger partial charge in [0.1, 0.15) is 0 Å². The van der Waals surface area contributed by atoms with Crippen molar-refractivity contribution in [3.05, 3.63) is 0 Å². The Bertz CT molecular complexity index is 121. The van der Waals surface area contributed by atoms with Crippen molar-refractivity contribution in [2.24, 2.45) is 0 Å². The molecule has 0 bridgehead atoms. The average Bonchev–Trinajstić information content (AvgIpc) is 2.26. The number of likely N-dealkylation sites (tertiary alicyclic amines) is 1. The molecule has 0 aromatic heterocycles. The second-order valence-electron chi connectivity index (χ2n) is 3.17. The van der Waals surface area contributed by atoms with Gasteiger partial charge in [0, 0.05) is 29.7 Å². The molecular formula is C8H16BrNS. The van der Waals surface area contributed by atoms with Crippen LogP contribution in [0.5, 0.6) is 0 Å². The van der Waals surface area contributed by atoms with Crippen LogP contribution in [0.25, 0.3) is 0 Å². The fourth-order valence-corrected chi connectivity index (χ4v) is 2.88. The van der Waals surface area contributed by atoms with Crippen molar-refractivity contribution in [3.8, 4) is 0 Å². The van der Waals surface area contributed by atoms with Crippen molar-refractivity contribution in [1.29, 1.82) is 0 Å². The lowest BCUT2D eigenvalue weighted by molar-refractivity contribution is 0.286. The Balaban J connectivity index is 2.23. The van der Waals surface area contributed by atoms with E-state index in [4.69, 9.17) is 0 Å². The Morgan fingerprint density at radius 2 is 2.36 bits per heavy atom. The highest BCUT2D eigenvalue weighted by atomic mass is 79.9. The molecule has 0 aromatic carbocycles. The van der Waals surface area contributed by atoms with E-state index in [0.717, 1.165) is 10.9 Å². The molecule has 2 atom stereocenters. The van der Waals surface area contributed by atoms with Gasteiger partial charge in [-0.1, -0.05) is 15.9 Å². The fourth-order valence-electron chi connectivity index (χ4n) is 1.55. The Labute approximate surface area is 82.0 Å². The normalized spacial score (nSPS) is 33.0. The molecule has 11 heavy (non-hydrogen) atoms. The first kappa shape index (κ1) is 9.87. The van der Waals surface area contributed by atoms with E-state index in [-0.39, 0.29) is 0 Å². The Morgan fingerprint density at radius 1 is 1.64 bits per heavy atom. The zero-order valence-corrected chi connectivity index (χ0v) is 9.62. The van der Waals surface area contributed by atoms with Crippen molar-refractivity contribution >= 4 is 27.7 Å². The van der Waals surface area contributed by atoms with Gasteiger partial charge in [0.15, 0.2) is 0 Å². The number of halogens is 1.